The SMILES string of the molecule is CC(CO)(CO)NCC(=O)Nc1cc(C(=O)O)ccc1Cl. The molecule has 0 fully saturated rings. The third kappa shape index (κ3) is 4.98. The van der Waals surface area contributed by atoms with Crippen molar-refractivity contribution in [1.29, 1.82) is 0 Å². The third-order valence-corrected chi connectivity index (χ3v) is 3.19. The van der Waals surface area contributed by atoms with E-state index in [2.05, 4.69) is 10.6 Å². The minimum atomic E-state index is -1.13. The van der Waals surface area contributed by atoms with Gasteiger partial charge in [-0.1, -0.05) is 11.6 Å². The largest absolute Gasteiger partial charge is 0.478 e. The van der Waals surface area contributed by atoms with Crippen LogP contribution in [0.1, 0.15) is 17.3 Å². The van der Waals surface area contributed by atoms with Crippen molar-refractivity contribution in [1.82, 2.24) is 5.32 Å². The summed E-state index contributed by atoms with van der Waals surface area (Å²) in [7, 11) is 0. The summed E-state index contributed by atoms with van der Waals surface area (Å²) in [5, 5.41) is 32.4. The van der Waals surface area contributed by atoms with Gasteiger partial charge >= 0.3 is 5.97 Å². The Labute approximate surface area is 126 Å². The van der Waals surface area contributed by atoms with E-state index in [1.165, 1.54) is 18.2 Å². The molecule has 7 nitrogen and oxygen atoms in total. The average Bonchev–Trinajstić information content (AvgIpc) is 2.47. The Bertz CT molecular complexity index is 531. The summed E-state index contributed by atoms with van der Waals surface area (Å²) < 4.78 is 0. The highest BCUT2D eigenvalue weighted by Gasteiger charge is 2.22. The monoisotopic (exact) mass is 316 g/mol. The molecule has 1 rings (SSSR count). The molecular weight excluding hydrogens is 300 g/mol. The van der Waals surface area contributed by atoms with Crippen molar-refractivity contribution >= 4 is 29.2 Å². The van der Waals surface area contributed by atoms with Crippen LogP contribution >= 0.6 is 11.6 Å². The number of hydrogen-bond acceptors (Lipinski definition) is 5. The molecule has 0 radical (unpaired) electrons. The predicted octanol–water partition coefficient (Wildman–Crippen LogP) is 0.310. The van der Waals surface area contributed by atoms with Gasteiger partial charge in [-0.15, -0.1) is 0 Å². The zero-order valence-electron chi connectivity index (χ0n) is 11.4. The molecule has 0 aliphatic carbocycles. The lowest BCUT2D eigenvalue weighted by Gasteiger charge is -2.25. The van der Waals surface area contributed by atoms with Crippen LogP contribution in [0.3, 0.4) is 0 Å². The summed E-state index contributed by atoms with van der Waals surface area (Å²) in [5.74, 6) is -1.61. The number of nitrogens with one attached hydrogen (secondary N) is 2. The van der Waals surface area contributed by atoms with E-state index in [1.807, 2.05) is 0 Å². The van der Waals surface area contributed by atoms with Gasteiger partial charge in [0, 0.05) is 0 Å². The van der Waals surface area contributed by atoms with Gasteiger partial charge in [0.1, 0.15) is 0 Å². The number of rotatable bonds is 7. The van der Waals surface area contributed by atoms with Crippen LogP contribution in [0.4, 0.5) is 5.69 Å². The summed E-state index contributed by atoms with van der Waals surface area (Å²) >= 11 is 5.88. The van der Waals surface area contributed by atoms with E-state index in [4.69, 9.17) is 26.9 Å². The fourth-order valence-corrected chi connectivity index (χ4v) is 1.57. The number of hydrogen-bond donors (Lipinski definition) is 5. The second-order valence-electron chi connectivity index (χ2n) is 4.78. The molecule has 1 amide bonds. The van der Waals surface area contributed by atoms with Gasteiger partial charge in [0.25, 0.3) is 0 Å². The Kier molecular flexibility index (Phi) is 6.10. The summed E-state index contributed by atoms with van der Waals surface area (Å²) in [6.07, 6.45) is 0. The number of aliphatic hydroxyl groups is 2. The second kappa shape index (κ2) is 7.37. The van der Waals surface area contributed by atoms with E-state index in [0.29, 0.717) is 0 Å². The molecule has 0 heterocycles. The molecule has 116 valence electrons. The quantitative estimate of drug-likeness (QED) is 0.494. The van der Waals surface area contributed by atoms with Gasteiger partial charge < -0.3 is 20.6 Å². The van der Waals surface area contributed by atoms with Crippen molar-refractivity contribution in [3.8, 4) is 0 Å². The highest BCUT2D eigenvalue weighted by Crippen LogP contribution is 2.23. The van der Waals surface area contributed by atoms with Crippen LogP contribution in [0.2, 0.25) is 5.02 Å². The van der Waals surface area contributed by atoms with Gasteiger partial charge in [-0.25, -0.2) is 4.79 Å². The highest BCUT2D eigenvalue weighted by atomic mass is 35.5. The number of benzene rings is 1. The lowest BCUT2D eigenvalue weighted by molar-refractivity contribution is -0.115. The Morgan fingerprint density at radius 3 is 2.43 bits per heavy atom. The van der Waals surface area contributed by atoms with Gasteiger partial charge in [0.05, 0.1) is 41.6 Å². The first-order valence-corrected chi connectivity index (χ1v) is 6.48. The van der Waals surface area contributed by atoms with Gasteiger partial charge in [0.15, 0.2) is 0 Å². The number of halogens is 1. The normalized spacial score (nSPS) is 11.2. The van der Waals surface area contributed by atoms with Crippen molar-refractivity contribution in [3.05, 3.63) is 28.8 Å². The van der Waals surface area contributed by atoms with Gasteiger partial charge in [-0.05, 0) is 25.1 Å². The van der Waals surface area contributed by atoms with Crippen LogP contribution in [-0.2, 0) is 4.79 Å². The van der Waals surface area contributed by atoms with Gasteiger partial charge in [0.2, 0.25) is 5.91 Å². The third-order valence-electron chi connectivity index (χ3n) is 2.86. The van der Waals surface area contributed by atoms with E-state index in [1.54, 1.807) is 6.92 Å². The predicted molar refractivity (Wildman–Crippen MR) is 77.6 cm³/mol. The smallest absolute Gasteiger partial charge is 0.335 e. The molecule has 0 bridgehead atoms. The molecule has 0 saturated heterocycles. The molecule has 0 saturated carbocycles. The first-order chi connectivity index (χ1) is 9.81. The summed E-state index contributed by atoms with van der Waals surface area (Å²) in [5.41, 5.74) is -0.805. The molecule has 0 spiro atoms. The van der Waals surface area contributed by atoms with E-state index in [0.717, 1.165) is 0 Å². The van der Waals surface area contributed by atoms with Crippen molar-refractivity contribution in [2.24, 2.45) is 0 Å². The van der Waals surface area contributed by atoms with E-state index < -0.39 is 17.4 Å². The number of carbonyl (C=O) groups is 2. The standard InChI is InChI=1S/C13H17ClN2O5/c1-13(6-17,7-18)15-5-11(19)16-10-4-8(12(20)21)2-3-9(10)14/h2-4,15,17-18H,5-7H2,1H3,(H,16,19)(H,20,21). The van der Waals surface area contributed by atoms with E-state index in [9.17, 15) is 9.59 Å². The molecule has 0 aromatic heterocycles. The topological polar surface area (TPSA) is 119 Å². The Hall–Kier alpha value is -1.67. The Morgan fingerprint density at radius 2 is 1.90 bits per heavy atom. The molecule has 1 aromatic rings. The van der Waals surface area contributed by atoms with Gasteiger partial charge in [-0.2, -0.15) is 0 Å². The lowest BCUT2D eigenvalue weighted by atomic mass is 10.1. The zero-order chi connectivity index (χ0) is 16.0. The zero-order valence-corrected chi connectivity index (χ0v) is 12.1. The van der Waals surface area contributed by atoms with Crippen molar-refractivity contribution < 1.29 is 24.9 Å². The molecule has 5 N–H and O–H groups in total. The number of aliphatic hydroxyl groups excluding tert-OH is 2. The van der Waals surface area contributed by atoms with Crippen LogP contribution in [-0.4, -0.2) is 52.5 Å². The maximum Gasteiger partial charge on any atom is 0.335 e. The number of carboxylic acid groups (broad SMARTS) is 1. The molecule has 21 heavy (non-hydrogen) atoms. The number of carbonyl (C=O) groups excluding carboxylic acids is 1. The van der Waals surface area contributed by atoms with Crippen molar-refractivity contribution in [2.75, 3.05) is 25.1 Å². The first-order valence-electron chi connectivity index (χ1n) is 6.11. The Morgan fingerprint density at radius 1 is 1.29 bits per heavy atom. The van der Waals surface area contributed by atoms with Crippen LogP contribution in [0.15, 0.2) is 18.2 Å². The van der Waals surface area contributed by atoms with Crippen molar-refractivity contribution in [3.63, 3.8) is 0 Å². The fraction of sp³-hybridized carbons (Fsp3) is 0.385. The van der Waals surface area contributed by atoms with Crippen LogP contribution < -0.4 is 10.6 Å². The molecule has 0 unspecified atom stereocenters. The van der Waals surface area contributed by atoms with Crippen LogP contribution in [0.5, 0.6) is 0 Å². The fourth-order valence-electron chi connectivity index (χ4n) is 1.40. The maximum atomic E-state index is 11.8. The van der Waals surface area contributed by atoms with Crippen LogP contribution in [0, 0.1) is 0 Å². The summed E-state index contributed by atoms with van der Waals surface area (Å²) in [6, 6.07) is 3.95. The number of anilines is 1. The maximum absolute atomic E-state index is 11.8. The average molecular weight is 317 g/mol. The second-order valence-corrected chi connectivity index (χ2v) is 5.19. The van der Waals surface area contributed by atoms with Gasteiger partial charge in [-0.3, -0.25) is 10.1 Å². The molecule has 1 aromatic carbocycles. The molecular formula is C13H17ClN2O5. The van der Waals surface area contributed by atoms with Crippen molar-refractivity contribution in [2.45, 2.75) is 12.5 Å². The highest BCUT2D eigenvalue weighted by molar-refractivity contribution is 6.33. The Balaban J connectivity index is 2.71. The number of amides is 1. The molecule has 0 atom stereocenters. The molecule has 8 heteroatoms. The number of aromatic carboxylic acids is 1. The minimum absolute atomic E-state index is 0.00165. The molecule has 0 aliphatic rings. The first kappa shape index (κ1) is 17.4. The number of carboxylic acids is 1. The van der Waals surface area contributed by atoms with E-state index in [-0.39, 0.29) is 36.0 Å². The molecule has 0 aliphatic heterocycles. The van der Waals surface area contributed by atoms with E-state index >= 15 is 0 Å². The lowest BCUT2D eigenvalue weighted by Crippen LogP contribution is -2.51. The summed E-state index contributed by atoms with van der Waals surface area (Å²) in [4.78, 5) is 22.6. The minimum Gasteiger partial charge on any atom is -0.478 e. The summed E-state index contributed by atoms with van der Waals surface area (Å²) in [6.45, 7) is 0.696. The van der Waals surface area contributed by atoms with Crippen LogP contribution in [0.25, 0.3) is 0 Å².